The number of anilines is 1. The van der Waals surface area contributed by atoms with Gasteiger partial charge in [0.15, 0.2) is 0 Å². The zero-order chi connectivity index (χ0) is 20.1. The van der Waals surface area contributed by atoms with Crippen LogP contribution in [0.1, 0.15) is 38.9 Å². The lowest BCUT2D eigenvalue weighted by molar-refractivity contribution is -0.389. The number of hydrogen-bond donors (Lipinski definition) is 2. The molecule has 0 atom stereocenters. The number of esters is 1. The molecule has 0 radical (unpaired) electrons. The van der Waals surface area contributed by atoms with Gasteiger partial charge in [-0.15, -0.1) is 11.3 Å². The van der Waals surface area contributed by atoms with Crippen molar-refractivity contribution in [3.8, 4) is 0 Å². The number of nitrogens with one attached hydrogen (secondary N) is 1. The molecule has 2 heterocycles. The summed E-state index contributed by atoms with van der Waals surface area (Å²) in [6.07, 6.45) is 1.89. The SMILES string of the molecule is CCCOC(=O)c1c(NC(=O)Cn2ccc([N+](=O)[O-])n2)sc(C(N)=O)c1C. The minimum Gasteiger partial charge on any atom is -0.462 e. The number of amides is 2. The first-order valence-electron chi connectivity index (χ1n) is 7.82. The van der Waals surface area contributed by atoms with Crippen molar-refractivity contribution in [2.24, 2.45) is 5.73 Å². The van der Waals surface area contributed by atoms with Gasteiger partial charge >= 0.3 is 11.8 Å². The highest BCUT2D eigenvalue weighted by Gasteiger charge is 2.26. The molecule has 2 aromatic heterocycles. The molecule has 0 bridgehead atoms. The second-order valence-electron chi connectivity index (χ2n) is 5.44. The van der Waals surface area contributed by atoms with Crippen LogP contribution in [0.2, 0.25) is 0 Å². The van der Waals surface area contributed by atoms with Crippen molar-refractivity contribution in [1.29, 1.82) is 0 Å². The summed E-state index contributed by atoms with van der Waals surface area (Å²) >= 11 is 0.860. The van der Waals surface area contributed by atoms with Crippen molar-refractivity contribution in [1.82, 2.24) is 9.78 Å². The third-order valence-electron chi connectivity index (χ3n) is 3.38. The standard InChI is InChI=1S/C15H17N5O6S/c1-3-6-26-15(23)11-8(2)12(13(16)22)27-14(11)17-10(21)7-19-5-4-9(18-19)20(24)25/h4-5H,3,6-7H2,1-2H3,(H2,16,22)(H,17,21). The van der Waals surface area contributed by atoms with Gasteiger partial charge in [0.1, 0.15) is 11.5 Å². The Labute approximate surface area is 157 Å². The van der Waals surface area contributed by atoms with E-state index in [0.717, 1.165) is 22.1 Å². The van der Waals surface area contributed by atoms with Crippen LogP contribution in [-0.2, 0) is 16.1 Å². The molecule has 0 fully saturated rings. The molecule has 0 spiro atoms. The van der Waals surface area contributed by atoms with E-state index in [0.29, 0.717) is 12.0 Å². The van der Waals surface area contributed by atoms with Crippen LogP contribution in [0.4, 0.5) is 10.8 Å². The predicted molar refractivity (Wildman–Crippen MR) is 95.7 cm³/mol. The average Bonchev–Trinajstić information content (AvgIpc) is 3.17. The highest BCUT2D eigenvalue weighted by atomic mass is 32.1. The summed E-state index contributed by atoms with van der Waals surface area (Å²) in [5, 5.41) is 16.9. The summed E-state index contributed by atoms with van der Waals surface area (Å²) in [6.45, 7) is 3.23. The molecule has 144 valence electrons. The van der Waals surface area contributed by atoms with E-state index in [9.17, 15) is 24.5 Å². The van der Waals surface area contributed by atoms with Crippen LogP contribution in [0.15, 0.2) is 12.3 Å². The number of nitrogens with two attached hydrogens (primary N) is 1. The highest BCUT2D eigenvalue weighted by Crippen LogP contribution is 2.33. The number of aromatic nitrogens is 2. The van der Waals surface area contributed by atoms with Gasteiger partial charge in [0, 0.05) is 0 Å². The van der Waals surface area contributed by atoms with Crippen LogP contribution >= 0.6 is 11.3 Å². The number of thiophene rings is 1. The van der Waals surface area contributed by atoms with Gasteiger partial charge in [0.25, 0.3) is 5.91 Å². The zero-order valence-electron chi connectivity index (χ0n) is 14.6. The summed E-state index contributed by atoms with van der Waals surface area (Å²) in [6, 6.07) is 1.15. The molecule has 2 aromatic rings. The van der Waals surface area contributed by atoms with Crippen LogP contribution in [0, 0.1) is 17.0 Å². The van der Waals surface area contributed by atoms with Crippen molar-refractivity contribution >= 4 is 39.9 Å². The number of ether oxygens (including phenoxy) is 1. The van der Waals surface area contributed by atoms with E-state index < -0.39 is 28.5 Å². The van der Waals surface area contributed by atoms with Gasteiger partial charge in [-0.05, 0) is 23.8 Å². The van der Waals surface area contributed by atoms with Gasteiger partial charge in [-0.25, -0.2) is 4.79 Å². The number of nitro groups is 1. The Morgan fingerprint density at radius 2 is 2.15 bits per heavy atom. The van der Waals surface area contributed by atoms with Crippen LogP contribution in [0.3, 0.4) is 0 Å². The van der Waals surface area contributed by atoms with Crippen LogP contribution in [0.5, 0.6) is 0 Å². The Morgan fingerprint density at radius 3 is 2.70 bits per heavy atom. The first-order valence-corrected chi connectivity index (χ1v) is 8.64. The largest absolute Gasteiger partial charge is 0.462 e. The van der Waals surface area contributed by atoms with Crippen LogP contribution in [0.25, 0.3) is 0 Å². The molecule has 0 aliphatic carbocycles. The Balaban J connectivity index is 2.23. The van der Waals surface area contributed by atoms with Crippen molar-refractivity contribution in [3.05, 3.63) is 38.4 Å². The molecule has 2 amide bonds. The number of carbonyl (C=O) groups excluding carboxylic acids is 3. The molecule has 0 saturated heterocycles. The van der Waals surface area contributed by atoms with Crippen LogP contribution < -0.4 is 11.1 Å². The zero-order valence-corrected chi connectivity index (χ0v) is 15.4. The van der Waals surface area contributed by atoms with E-state index in [-0.39, 0.29) is 28.6 Å². The van der Waals surface area contributed by atoms with E-state index in [2.05, 4.69) is 10.4 Å². The fourth-order valence-electron chi connectivity index (χ4n) is 2.20. The molecule has 3 N–H and O–H groups in total. The monoisotopic (exact) mass is 395 g/mol. The van der Waals surface area contributed by atoms with Crippen molar-refractivity contribution in [3.63, 3.8) is 0 Å². The number of rotatable bonds is 8. The van der Waals surface area contributed by atoms with Crippen LogP contribution in [-0.4, -0.2) is 39.1 Å². The van der Waals surface area contributed by atoms with E-state index >= 15 is 0 Å². The molecule has 2 rings (SSSR count). The van der Waals surface area contributed by atoms with E-state index in [1.54, 1.807) is 0 Å². The lowest BCUT2D eigenvalue weighted by Crippen LogP contribution is -2.20. The normalized spacial score (nSPS) is 10.4. The molecule has 0 aromatic carbocycles. The molecule has 0 saturated carbocycles. The summed E-state index contributed by atoms with van der Waals surface area (Å²) in [5.74, 6) is -2.39. The Hall–Kier alpha value is -3.28. The smallest absolute Gasteiger partial charge is 0.389 e. The fraction of sp³-hybridized carbons (Fsp3) is 0.333. The Morgan fingerprint density at radius 1 is 1.44 bits per heavy atom. The molecular weight excluding hydrogens is 378 g/mol. The number of nitrogens with zero attached hydrogens (tertiary/aromatic N) is 3. The summed E-state index contributed by atoms with van der Waals surface area (Å²) in [5.41, 5.74) is 5.69. The fourth-order valence-corrected chi connectivity index (χ4v) is 3.26. The van der Waals surface area contributed by atoms with E-state index in [1.807, 2.05) is 6.92 Å². The maximum atomic E-state index is 12.3. The van der Waals surface area contributed by atoms with E-state index in [4.69, 9.17) is 10.5 Å². The molecule has 0 aliphatic rings. The van der Waals surface area contributed by atoms with Gasteiger partial charge in [-0.1, -0.05) is 6.92 Å². The quantitative estimate of drug-likeness (QED) is 0.389. The lowest BCUT2D eigenvalue weighted by Gasteiger charge is -2.07. The number of primary amides is 1. The molecule has 11 nitrogen and oxygen atoms in total. The van der Waals surface area contributed by atoms with Gasteiger partial charge < -0.3 is 25.9 Å². The Kier molecular flexibility index (Phi) is 6.23. The summed E-state index contributed by atoms with van der Waals surface area (Å²) < 4.78 is 6.17. The lowest BCUT2D eigenvalue weighted by atomic mass is 10.1. The molecule has 0 aliphatic heterocycles. The second-order valence-corrected chi connectivity index (χ2v) is 6.46. The third-order valence-corrected chi connectivity index (χ3v) is 4.61. The Bertz CT molecular complexity index is 903. The average molecular weight is 395 g/mol. The third kappa shape index (κ3) is 4.67. The maximum absolute atomic E-state index is 12.3. The highest BCUT2D eigenvalue weighted by molar-refractivity contribution is 7.18. The topological polar surface area (TPSA) is 159 Å². The molecular formula is C15H17N5O6S. The molecule has 0 unspecified atom stereocenters. The number of carbonyl (C=O) groups is 3. The first kappa shape index (κ1) is 20.0. The van der Waals surface area contributed by atoms with Gasteiger partial charge in [-0.3, -0.25) is 9.59 Å². The van der Waals surface area contributed by atoms with Crippen molar-refractivity contribution in [2.45, 2.75) is 26.8 Å². The molecule has 12 heteroatoms. The molecule has 27 heavy (non-hydrogen) atoms. The van der Waals surface area contributed by atoms with E-state index in [1.165, 1.54) is 13.1 Å². The minimum atomic E-state index is -0.731. The predicted octanol–water partition coefficient (Wildman–Crippen LogP) is 1.47. The summed E-state index contributed by atoms with van der Waals surface area (Å²) in [7, 11) is 0. The van der Waals surface area contributed by atoms with Crippen molar-refractivity contribution < 1.29 is 24.0 Å². The summed E-state index contributed by atoms with van der Waals surface area (Å²) in [4.78, 5) is 46.2. The first-order chi connectivity index (χ1) is 12.7. The van der Waals surface area contributed by atoms with Crippen molar-refractivity contribution in [2.75, 3.05) is 11.9 Å². The van der Waals surface area contributed by atoms with Gasteiger partial charge in [0.05, 0.1) is 34.4 Å². The maximum Gasteiger partial charge on any atom is 0.389 e. The second kappa shape index (κ2) is 8.40. The number of hydrogen-bond acceptors (Lipinski definition) is 8. The minimum absolute atomic E-state index is 0.0574. The van der Waals surface area contributed by atoms with Gasteiger partial charge in [0.2, 0.25) is 5.91 Å². The van der Waals surface area contributed by atoms with Gasteiger partial charge in [-0.2, -0.15) is 4.68 Å².